The summed E-state index contributed by atoms with van der Waals surface area (Å²) in [7, 11) is 1.92. The van der Waals surface area contributed by atoms with E-state index in [1.54, 1.807) is 45.1 Å². The van der Waals surface area contributed by atoms with Crippen LogP contribution in [0.3, 0.4) is 0 Å². The van der Waals surface area contributed by atoms with Crippen molar-refractivity contribution in [3.8, 4) is 17.2 Å². The Bertz CT molecular complexity index is 2480. The normalized spacial score (nSPS) is 29.6. The monoisotopic (exact) mass is 915 g/mol. The number of allylic oxidation sites excluding steroid dienone is 3. The smallest absolute Gasteiger partial charge is 0.320 e. The van der Waals surface area contributed by atoms with Crippen molar-refractivity contribution < 1.29 is 58.6 Å². The fourth-order valence-electron chi connectivity index (χ4n) is 9.34. The number of nitrogens with zero attached hydrogens (tertiary/aromatic N) is 4. The lowest BCUT2D eigenvalue weighted by molar-refractivity contribution is -0.167. The number of hydrogen-bond acceptors (Lipinski definition) is 16. The van der Waals surface area contributed by atoms with Gasteiger partial charge >= 0.3 is 17.7 Å². The number of nitrogens with one attached hydrogen (secondary N) is 1. The van der Waals surface area contributed by atoms with Crippen LogP contribution in [0.25, 0.3) is 10.8 Å². The molecular formula is C49H65N5O12. The van der Waals surface area contributed by atoms with Crippen molar-refractivity contribution >= 4 is 40.1 Å². The number of piperidine rings is 1. The van der Waals surface area contributed by atoms with E-state index < -0.39 is 71.0 Å². The number of esters is 2. The molecule has 6 aliphatic rings. The van der Waals surface area contributed by atoms with Crippen LogP contribution in [-0.2, 0) is 28.6 Å². The van der Waals surface area contributed by atoms with Gasteiger partial charge in [-0.1, -0.05) is 39.0 Å². The Morgan fingerprint density at radius 1 is 0.955 bits per heavy atom. The van der Waals surface area contributed by atoms with Gasteiger partial charge in [0.2, 0.25) is 0 Å². The quantitative estimate of drug-likeness (QED) is 0.155. The molecule has 1 spiro atoms. The molecule has 5 N–H and O–H groups in total. The van der Waals surface area contributed by atoms with E-state index in [1.807, 2.05) is 11.9 Å². The average molecular weight is 916 g/mol. The number of aliphatic hydroxyl groups excluding tert-OH is 2. The number of phenols is 2. The third-order valence-corrected chi connectivity index (χ3v) is 13.4. The van der Waals surface area contributed by atoms with Crippen molar-refractivity contribution in [3.05, 3.63) is 58.0 Å². The Morgan fingerprint density at radius 3 is 2.30 bits per heavy atom. The molecule has 1 amide bonds. The highest BCUT2D eigenvalue weighted by Crippen LogP contribution is 2.50. The van der Waals surface area contributed by atoms with Crippen LogP contribution in [0.4, 0.5) is 5.69 Å². The molecule has 17 heteroatoms. The number of ether oxygens (including phenoxy) is 4. The highest BCUT2D eigenvalue weighted by molar-refractivity contribution is 6.19. The number of fused-ring (bicyclic) bond motifs is 13. The zero-order valence-corrected chi connectivity index (χ0v) is 39.3. The van der Waals surface area contributed by atoms with Crippen LogP contribution in [0.1, 0.15) is 102 Å². The molecule has 0 saturated carbocycles. The van der Waals surface area contributed by atoms with Gasteiger partial charge in [-0.3, -0.25) is 29.2 Å². The Labute approximate surface area is 384 Å². The molecule has 0 aliphatic carbocycles. The maximum atomic E-state index is 14.7. The number of amides is 1. The van der Waals surface area contributed by atoms with Crippen LogP contribution >= 0.6 is 0 Å². The standard InChI is InChI=1S/C49H65N5O12/c1-26(2)24-54-19-16-49(17-20-54)51-38-35-36-41(57)29(5)43-37(35)44(59)48(7,66-43)63-21-10-9-14-32(64-46(61)30(6)47(62)65-33-15-18-53(8)25-33)22-31(55)23-34(56)27(3)12-11-13-28(4)45(60)50-40(42(36)58)39(38)52-49/h10-13,21,26-27,30-34,55-58H,9,14-20,22-25H2,1-8H3,(H,50,60)/b12-11+,21-10+,28-13-/t27?,30?,31?,32-,33?,34-,48?/m1/s1. The van der Waals surface area contributed by atoms with Crippen molar-refractivity contribution in [3.63, 3.8) is 0 Å². The number of carbonyl (C=O) groups excluding carboxylic acids is 4. The van der Waals surface area contributed by atoms with Gasteiger partial charge < -0.3 is 54.5 Å². The van der Waals surface area contributed by atoms with Crippen molar-refractivity contribution in [1.82, 2.24) is 9.80 Å². The molecule has 2 aromatic carbocycles. The van der Waals surface area contributed by atoms with Crippen LogP contribution in [0.15, 0.2) is 46.1 Å². The van der Waals surface area contributed by atoms with Crippen LogP contribution in [0, 0.1) is 24.7 Å². The summed E-state index contributed by atoms with van der Waals surface area (Å²) in [6.07, 6.45) is 6.40. The van der Waals surface area contributed by atoms with Crippen LogP contribution in [-0.4, -0.2) is 129 Å². The molecule has 5 bridgehead atoms. The van der Waals surface area contributed by atoms with Crippen molar-refractivity contribution in [2.75, 3.05) is 45.1 Å². The average Bonchev–Trinajstić information content (AvgIpc) is 3.93. The minimum absolute atomic E-state index is 0.0365. The molecule has 66 heavy (non-hydrogen) atoms. The predicted molar refractivity (Wildman–Crippen MR) is 243 cm³/mol. The van der Waals surface area contributed by atoms with Crippen LogP contribution in [0.5, 0.6) is 17.2 Å². The summed E-state index contributed by atoms with van der Waals surface area (Å²) in [5, 5.41) is 49.4. The number of rotatable bonds is 6. The number of likely N-dealkylation sites (N-methyl/N-ethyl adjacent to an activating group) is 1. The summed E-state index contributed by atoms with van der Waals surface area (Å²) in [4.78, 5) is 69.5. The minimum atomic E-state index is -1.93. The number of hydrogen-bond donors (Lipinski definition) is 5. The second-order valence-electron chi connectivity index (χ2n) is 19.3. The maximum Gasteiger partial charge on any atom is 0.320 e. The number of aliphatic hydroxyl groups is 2. The highest BCUT2D eigenvalue weighted by atomic mass is 16.7. The molecule has 0 aromatic heterocycles. The van der Waals surface area contributed by atoms with E-state index >= 15 is 0 Å². The fourth-order valence-corrected chi connectivity index (χ4v) is 9.34. The van der Waals surface area contributed by atoms with Gasteiger partial charge in [0, 0.05) is 81.4 Å². The Kier molecular flexibility index (Phi) is 14.3. The Hall–Kier alpha value is -5.36. The van der Waals surface area contributed by atoms with Crippen LogP contribution < -0.4 is 20.8 Å². The summed E-state index contributed by atoms with van der Waals surface area (Å²) < 4.78 is 23.7. The van der Waals surface area contributed by atoms with E-state index in [9.17, 15) is 39.6 Å². The predicted octanol–water partition coefficient (Wildman–Crippen LogP) is 4.25. The van der Waals surface area contributed by atoms with Gasteiger partial charge in [0.25, 0.3) is 11.7 Å². The molecule has 2 aromatic rings. The van der Waals surface area contributed by atoms with Gasteiger partial charge in [-0.05, 0) is 65.5 Å². The first-order chi connectivity index (χ1) is 31.2. The first-order valence-corrected chi connectivity index (χ1v) is 23.2. The van der Waals surface area contributed by atoms with E-state index in [4.69, 9.17) is 28.9 Å². The lowest BCUT2D eigenvalue weighted by atomic mass is 9.93. The van der Waals surface area contributed by atoms with Crippen molar-refractivity contribution in [2.24, 2.45) is 27.7 Å². The molecule has 0 radical (unpaired) electrons. The van der Waals surface area contributed by atoms with Gasteiger partial charge in [0.15, 0.2) is 17.3 Å². The number of benzene rings is 2. The Balaban J connectivity index is 1.24. The van der Waals surface area contributed by atoms with E-state index in [-0.39, 0.29) is 87.2 Å². The molecule has 2 fully saturated rings. The summed E-state index contributed by atoms with van der Waals surface area (Å²) in [6.45, 7) is 15.7. The molecule has 7 atom stereocenters. The van der Waals surface area contributed by atoms with E-state index in [2.05, 4.69) is 24.1 Å². The first-order valence-electron chi connectivity index (χ1n) is 23.2. The lowest BCUT2D eigenvalue weighted by Crippen LogP contribution is -2.43. The second kappa shape index (κ2) is 19.5. The molecule has 5 unspecified atom stereocenters. The zero-order chi connectivity index (χ0) is 47.8. The summed E-state index contributed by atoms with van der Waals surface area (Å²) in [5.41, 5.74) is -0.596. The first kappa shape index (κ1) is 48.6. The third kappa shape index (κ3) is 9.99. The van der Waals surface area contributed by atoms with Gasteiger partial charge in [-0.2, -0.15) is 0 Å². The number of carbonyl (C=O) groups is 4. The largest absolute Gasteiger partial charge is 0.507 e. The second-order valence-corrected chi connectivity index (χ2v) is 19.3. The van der Waals surface area contributed by atoms with Gasteiger partial charge in [0.1, 0.15) is 34.8 Å². The minimum Gasteiger partial charge on any atom is -0.507 e. The summed E-state index contributed by atoms with van der Waals surface area (Å²) in [5.74, 6) is -6.71. The number of anilines is 1. The number of Topliss-reactive ketones (excluding diaryl/α,β-unsaturated/α-hetero) is 1. The van der Waals surface area contributed by atoms with Gasteiger partial charge in [-0.25, -0.2) is 0 Å². The van der Waals surface area contributed by atoms with Crippen molar-refractivity contribution in [1.29, 1.82) is 0 Å². The molecule has 17 nitrogen and oxygen atoms in total. The fraction of sp³-hybridized carbons (Fsp3) is 0.592. The molecule has 6 aliphatic heterocycles. The summed E-state index contributed by atoms with van der Waals surface area (Å²) in [6, 6.07) is 0. The van der Waals surface area contributed by atoms with Gasteiger partial charge in [0.05, 0.1) is 34.8 Å². The zero-order valence-electron chi connectivity index (χ0n) is 39.3. The topological polar surface area (TPSA) is 229 Å². The van der Waals surface area contributed by atoms with Gasteiger partial charge in [-0.15, -0.1) is 0 Å². The maximum absolute atomic E-state index is 14.7. The van der Waals surface area contributed by atoms with E-state index in [1.165, 1.54) is 20.1 Å². The molecule has 6 heterocycles. The Morgan fingerprint density at radius 2 is 1.64 bits per heavy atom. The lowest BCUT2D eigenvalue weighted by Gasteiger charge is -2.36. The summed E-state index contributed by atoms with van der Waals surface area (Å²) >= 11 is 0. The number of phenolic OH excluding ortho intramolecular Hbond substituents is 2. The molecular weight excluding hydrogens is 851 g/mol. The number of ketones is 1. The number of aromatic hydroxyl groups is 2. The van der Waals surface area contributed by atoms with E-state index in [0.717, 1.165) is 13.1 Å². The molecule has 358 valence electrons. The third-order valence-electron chi connectivity index (χ3n) is 13.4. The number of likely N-dealkylation sites (tertiary alicyclic amines) is 2. The van der Waals surface area contributed by atoms with Crippen LogP contribution in [0.2, 0.25) is 0 Å². The molecule has 2 saturated heterocycles. The van der Waals surface area contributed by atoms with E-state index in [0.29, 0.717) is 44.8 Å². The SMILES string of the molecule is C/C1=C/C=C/C(C)[C@H](O)CC(O)C[C@H](OC(=O)C(C)C(=O)OC2CCN(C)C2)CC/C=C/OC2(C)Oc3c(C)c(O)c4c(O)c(c5c(c4c3C2=O)=NC2(CCN(CC(C)C)CC2)N=5)NC1=O. The highest BCUT2D eigenvalue weighted by Gasteiger charge is 2.50. The molecule has 8 rings (SSSR count). The van der Waals surface area contributed by atoms with Crippen molar-refractivity contribution in [2.45, 2.75) is 129 Å².